The summed E-state index contributed by atoms with van der Waals surface area (Å²) in [6.07, 6.45) is 1.71. The second-order valence-corrected chi connectivity index (χ2v) is 6.51. The summed E-state index contributed by atoms with van der Waals surface area (Å²) < 4.78 is 6.76. The lowest BCUT2D eigenvalue weighted by Gasteiger charge is -2.10. The maximum Gasteiger partial charge on any atom is 0.119 e. The zero-order valence-corrected chi connectivity index (χ0v) is 15.5. The Labute approximate surface area is 149 Å². The van der Waals surface area contributed by atoms with Gasteiger partial charge < -0.3 is 4.74 Å². The highest BCUT2D eigenvalue weighted by Crippen LogP contribution is 2.27. The van der Waals surface area contributed by atoms with Crippen LogP contribution in [-0.2, 0) is 10.8 Å². The summed E-state index contributed by atoms with van der Waals surface area (Å²) >= 11 is 14.8. The maximum atomic E-state index is 6.24. The molecule has 0 atom stereocenters. The zero-order valence-electron chi connectivity index (χ0n) is 11.8. The van der Waals surface area contributed by atoms with Gasteiger partial charge in [0.1, 0.15) is 5.75 Å². The smallest absolute Gasteiger partial charge is 0.119 e. The lowest BCUT2D eigenvalue weighted by molar-refractivity contribution is 0.311. The van der Waals surface area contributed by atoms with Gasteiger partial charge in [0.25, 0.3) is 0 Å². The Kier molecular flexibility index (Phi) is 6.65. The third-order valence-corrected chi connectivity index (χ3v) is 4.76. The molecule has 0 spiro atoms. The summed E-state index contributed by atoms with van der Waals surface area (Å²) in [7, 11) is 0. The maximum absolute atomic E-state index is 6.24. The fourth-order valence-corrected chi connectivity index (χ4v) is 3.38. The first-order valence-corrected chi connectivity index (χ1v) is 9.10. The number of halogens is 3. The van der Waals surface area contributed by atoms with Crippen LogP contribution in [0.5, 0.6) is 5.75 Å². The van der Waals surface area contributed by atoms with Gasteiger partial charge in [0.2, 0.25) is 0 Å². The number of aryl methyl sites for hydroxylation is 1. The molecule has 0 radical (unpaired) electrons. The van der Waals surface area contributed by atoms with Crippen LogP contribution in [0.3, 0.4) is 0 Å². The standard InChI is InChI=1S/C17H17Cl2IO/c1-12-9-16(18)15(17(19)10-12)3-2-8-21-14-6-4-13(11-20)5-7-14/h4-7,9-10H,2-3,8,11H2,1H3. The van der Waals surface area contributed by atoms with Crippen molar-refractivity contribution in [3.8, 4) is 5.75 Å². The molecule has 0 unspecified atom stereocenters. The molecular formula is C17H17Cl2IO. The van der Waals surface area contributed by atoms with E-state index in [1.807, 2.05) is 31.2 Å². The van der Waals surface area contributed by atoms with Gasteiger partial charge in [0.05, 0.1) is 6.61 Å². The van der Waals surface area contributed by atoms with Crippen molar-refractivity contribution in [3.05, 3.63) is 63.1 Å². The van der Waals surface area contributed by atoms with Crippen LogP contribution in [0.2, 0.25) is 10.0 Å². The van der Waals surface area contributed by atoms with Crippen LogP contribution in [0.4, 0.5) is 0 Å². The first-order chi connectivity index (χ1) is 10.1. The van der Waals surface area contributed by atoms with Gasteiger partial charge in [-0.25, -0.2) is 0 Å². The molecule has 0 aliphatic heterocycles. The molecule has 0 aliphatic carbocycles. The van der Waals surface area contributed by atoms with Crippen molar-refractivity contribution in [2.75, 3.05) is 6.61 Å². The van der Waals surface area contributed by atoms with Crippen LogP contribution in [0.1, 0.15) is 23.1 Å². The number of hydrogen-bond acceptors (Lipinski definition) is 1. The molecule has 2 aromatic carbocycles. The largest absolute Gasteiger partial charge is 0.494 e. The van der Waals surface area contributed by atoms with Gasteiger partial charge in [-0.2, -0.15) is 0 Å². The van der Waals surface area contributed by atoms with Crippen molar-refractivity contribution in [3.63, 3.8) is 0 Å². The van der Waals surface area contributed by atoms with Gasteiger partial charge in [-0.15, -0.1) is 0 Å². The van der Waals surface area contributed by atoms with Gasteiger partial charge in [0.15, 0.2) is 0 Å². The highest BCUT2D eigenvalue weighted by Gasteiger charge is 2.07. The second-order valence-electron chi connectivity index (χ2n) is 4.94. The van der Waals surface area contributed by atoms with Crippen LogP contribution >= 0.6 is 45.8 Å². The molecule has 1 nitrogen and oxygen atoms in total. The summed E-state index contributed by atoms with van der Waals surface area (Å²) in [6.45, 7) is 2.65. The van der Waals surface area contributed by atoms with E-state index in [1.165, 1.54) is 5.56 Å². The average molecular weight is 435 g/mol. The van der Waals surface area contributed by atoms with Gasteiger partial charge in [-0.05, 0) is 60.7 Å². The van der Waals surface area contributed by atoms with Gasteiger partial charge in [-0.1, -0.05) is 57.9 Å². The summed E-state index contributed by atoms with van der Waals surface area (Å²) in [4.78, 5) is 0. The van der Waals surface area contributed by atoms with Crippen LogP contribution < -0.4 is 4.74 Å². The number of ether oxygens (including phenoxy) is 1. The van der Waals surface area contributed by atoms with Gasteiger partial charge >= 0.3 is 0 Å². The SMILES string of the molecule is Cc1cc(Cl)c(CCCOc2ccc(CI)cc2)c(Cl)c1. The Morgan fingerprint density at radius 3 is 2.24 bits per heavy atom. The Bertz CT molecular complexity index is 573. The van der Waals surface area contributed by atoms with Gasteiger partial charge in [-0.3, -0.25) is 0 Å². The predicted octanol–water partition coefficient (Wildman–Crippen LogP) is 6.25. The van der Waals surface area contributed by atoms with Crippen molar-refractivity contribution in [1.82, 2.24) is 0 Å². The summed E-state index contributed by atoms with van der Waals surface area (Å²) in [5.74, 6) is 0.907. The van der Waals surface area contributed by atoms with Crippen molar-refractivity contribution in [2.45, 2.75) is 24.2 Å². The topological polar surface area (TPSA) is 9.23 Å². The van der Waals surface area contributed by atoms with Crippen LogP contribution in [0, 0.1) is 6.92 Å². The second kappa shape index (κ2) is 8.25. The van der Waals surface area contributed by atoms with E-state index >= 15 is 0 Å². The minimum absolute atomic E-state index is 0.657. The zero-order chi connectivity index (χ0) is 15.2. The van der Waals surface area contributed by atoms with Gasteiger partial charge in [0, 0.05) is 14.5 Å². The molecule has 0 saturated carbocycles. The molecule has 0 amide bonds. The number of benzene rings is 2. The fraction of sp³-hybridized carbons (Fsp3) is 0.294. The lowest BCUT2D eigenvalue weighted by atomic mass is 10.1. The molecule has 0 aliphatic rings. The van der Waals surface area contributed by atoms with E-state index in [1.54, 1.807) is 0 Å². The molecule has 0 saturated heterocycles. The quantitative estimate of drug-likeness (QED) is 0.296. The molecule has 4 heteroatoms. The Morgan fingerprint density at radius 1 is 1.05 bits per heavy atom. The van der Waals surface area contributed by atoms with E-state index < -0.39 is 0 Å². The molecule has 0 aromatic heterocycles. The molecule has 0 fully saturated rings. The van der Waals surface area contributed by atoms with E-state index in [9.17, 15) is 0 Å². The van der Waals surface area contributed by atoms with Crippen LogP contribution in [-0.4, -0.2) is 6.61 Å². The third kappa shape index (κ3) is 5.04. The number of alkyl halides is 1. The molecule has 2 rings (SSSR count). The highest BCUT2D eigenvalue weighted by atomic mass is 127. The molecule has 0 N–H and O–H groups in total. The van der Waals surface area contributed by atoms with Crippen molar-refractivity contribution in [2.24, 2.45) is 0 Å². The Morgan fingerprint density at radius 2 is 1.67 bits per heavy atom. The molecule has 0 bridgehead atoms. The monoisotopic (exact) mass is 434 g/mol. The van der Waals surface area contributed by atoms with Crippen LogP contribution in [0.15, 0.2) is 36.4 Å². The van der Waals surface area contributed by atoms with Crippen LogP contribution in [0.25, 0.3) is 0 Å². The number of rotatable bonds is 6. The lowest BCUT2D eigenvalue weighted by Crippen LogP contribution is -2.00. The van der Waals surface area contributed by atoms with E-state index in [0.717, 1.165) is 44.2 Å². The highest BCUT2D eigenvalue weighted by molar-refractivity contribution is 14.1. The molecule has 112 valence electrons. The van der Waals surface area contributed by atoms with E-state index in [2.05, 4.69) is 34.7 Å². The first-order valence-electron chi connectivity index (χ1n) is 6.82. The molecule has 2 aromatic rings. The Balaban J connectivity index is 1.84. The van der Waals surface area contributed by atoms with E-state index in [4.69, 9.17) is 27.9 Å². The fourth-order valence-electron chi connectivity index (χ4n) is 2.08. The summed E-state index contributed by atoms with van der Waals surface area (Å²) in [6, 6.07) is 12.1. The minimum Gasteiger partial charge on any atom is -0.494 e. The first kappa shape index (κ1) is 16.9. The summed E-state index contributed by atoms with van der Waals surface area (Å²) in [5.41, 5.74) is 3.40. The summed E-state index contributed by atoms with van der Waals surface area (Å²) in [5, 5.41) is 1.48. The molecular weight excluding hydrogens is 418 g/mol. The average Bonchev–Trinajstić information content (AvgIpc) is 2.46. The van der Waals surface area contributed by atoms with E-state index in [0.29, 0.717) is 6.61 Å². The third-order valence-electron chi connectivity index (χ3n) is 3.20. The van der Waals surface area contributed by atoms with Crippen molar-refractivity contribution < 1.29 is 4.74 Å². The number of hydrogen-bond donors (Lipinski definition) is 0. The Hall–Kier alpha value is -0.450. The van der Waals surface area contributed by atoms with Crippen molar-refractivity contribution in [1.29, 1.82) is 0 Å². The van der Waals surface area contributed by atoms with Crippen molar-refractivity contribution >= 4 is 45.8 Å². The molecule has 21 heavy (non-hydrogen) atoms. The van der Waals surface area contributed by atoms with E-state index in [-0.39, 0.29) is 0 Å². The minimum atomic E-state index is 0.657. The predicted molar refractivity (Wildman–Crippen MR) is 99.2 cm³/mol. The molecule has 0 heterocycles. The normalized spacial score (nSPS) is 10.7.